The Balaban J connectivity index is 2.01. The Morgan fingerprint density at radius 3 is 2.75 bits per heavy atom. The van der Waals surface area contributed by atoms with E-state index >= 15 is 0 Å². The van der Waals surface area contributed by atoms with Crippen LogP contribution in [0.4, 0.5) is 0 Å². The largest absolute Gasteiger partial charge is 0.384 e. The number of allylic oxidation sites excluding steroid dienone is 9. The molecule has 1 heteroatoms. The Bertz CT molecular complexity index is 446. The Hall–Kier alpha value is -1.76. The summed E-state index contributed by atoms with van der Waals surface area (Å²) in [5.41, 5.74) is 1.40. The standard InChI is InChI=1S/C15H15N/c1-2-8-13-12(6-1)7-5-11-16-15-10-4-3-9-14(13)15/h1-11,13-16H/b11-5-,12-7-. The van der Waals surface area contributed by atoms with Gasteiger partial charge < -0.3 is 5.32 Å². The van der Waals surface area contributed by atoms with Crippen LogP contribution in [-0.4, -0.2) is 6.04 Å². The lowest BCUT2D eigenvalue weighted by atomic mass is 9.77. The molecule has 2 aliphatic carbocycles. The van der Waals surface area contributed by atoms with Gasteiger partial charge in [-0.25, -0.2) is 0 Å². The average molecular weight is 209 g/mol. The molecule has 3 aliphatic rings. The van der Waals surface area contributed by atoms with E-state index in [1.54, 1.807) is 0 Å². The first kappa shape index (κ1) is 9.46. The summed E-state index contributed by atoms with van der Waals surface area (Å²) in [6.45, 7) is 0. The second-order valence-electron chi connectivity index (χ2n) is 4.34. The lowest BCUT2D eigenvalue weighted by molar-refractivity contribution is 0.444. The van der Waals surface area contributed by atoms with Gasteiger partial charge in [0.2, 0.25) is 0 Å². The number of nitrogens with one attached hydrogen (secondary N) is 1. The van der Waals surface area contributed by atoms with Crippen molar-refractivity contribution in [1.82, 2.24) is 5.32 Å². The Morgan fingerprint density at radius 1 is 0.875 bits per heavy atom. The second-order valence-corrected chi connectivity index (χ2v) is 4.34. The summed E-state index contributed by atoms with van der Waals surface area (Å²) in [5, 5.41) is 3.44. The van der Waals surface area contributed by atoms with Crippen LogP contribution in [-0.2, 0) is 0 Å². The van der Waals surface area contributed by atoms with Crippen molar-refractivity contribution in [3.05, 3.63) is 72.5 Å². The van der Waals surface area contributed by atoms with Crippen LogP contribution in [0.25, 0.3) is 0 Å². The number of hydrogen-bond donors (Lipinski definition) is 1. The molecular weight excluding hydrogens is 194 g/mol. The van der Waals surface area contributed by atoms with Crippen LogP contribution in [0, 0.1) is 11.8 Å². The molecule has 1 nitrogen and oxygen atoms in total. The topological polar surface area (TPSA) is 12.0 Å². The smallest absolute Gasteiger partial charge is 0.0513 e. The van der Waals surface area contributed by atoms with Crippen LogP contribution in [0.5, 0.6) is 0 Å². The maximum Gasteiger partial charge on any atom is 0.0513 e. The van der Waals surface area contributed by atoms with Crippen LogP contribution in [0.15, 0.2) is 72.5 Å². The summed E-state index contributed by atoms with van der Waals surface area (Å²) >= 11 is 0. The highest BCUT2D eigenvalue weighted by Crippen LogP contribution is 2.32. The highest BCUT2D eigenvalue weighted by Gasteiger charge is 2.28. The molecule has 1 heterocycles. The molecule has 0 spiro atoms. The van der Waals surface area contributed by atoms with Crippen molar-refractivity contribution < 1.29 is 0 Å². The maximum absolute atomic E-state index is 3.44. The normalized spacial score (nSPS) is 39.8. The molecule has 0 aromatic heterocycles. The van der Waals surface area contributed by atoms with E-state index in [0.29, 0.717) is 17.9 Å². The van der Waals surface area contributed by atoms with Crippen LogP contribution in [0.1, 0.15) is 0 Å². The van der Waals surface area contributed by atoms with Crippen molar-refractivity contribution in [2.24, 2.45) is 11.8 Å². The van der Waals surface area contributed by atoms with E-state index in [1.807, 2.05) is 6.20 Å². The highest BCUT2D eigenvalue weighted by molar-refractivity contribution is 5.39. The molecule has 0 saturated heterocycles. The molecule has 0 amide bonds. The van der Waals surface area contributed by atoms with E-state index in [0.717, 1.165) is 0 Å². The van der Waals surface area contributed by atoms with Crippen LogP contribution in [0.2, 0.25) is 0 Å². The van der Waals surface area contributed by atoms with Crippen molar-refractivity contribution >= 4 is 0 Å². The third kappa shape index (κ3) is 1.58. The van der Waals surface area contributed by atoms with Gasteiger partial charge in [0.05, 0.1) is 6.04 Å². The molecule has 80 valence electrons. The van der Waals surface area contributed by atoms with Gasteiger partial charge in [-0.1, -0.05) is 54.7 Å². The van der Waals surface area contributed by atoms with Crippen molar-refractivity contribution in [3.63, 3.8) is 0 Å². The zero-order valence-corrected chi connectivity index (χ0v) is 9.08. The van der Waals surface area contributed by atoms with E-state index in [9.17, 15) is 0 Å². The summed E-state index contributed by atoms with van der Waals surface area (Å²) in [5.74, 6) is 1.01. The van der Waals surface area contributed by atoms with Crippen LogP contribution in [0.3, 0.4) is 0 Å². The highest BCUT2D eigenvalue weighted by atomic mass is 14.9. The van der Waals surface area contributed by atoms with Gasteiger partial charge in [0, 0.05) is 11.8 Å². The summed E-state index contributed by atoms with van der Waals surface area (Å²) in [7, 11) is 0. The Morgan fingerprint density at radius 2 is 1.75 bits per heavy atom. The molecule has 0 fully saturated rings. The van der Waals surface area contributed by atoms with E-state index in [-0.39, 0.29) is 0 Å². The fraction of sp³-hybridized carbons (Fsp3) is 0.200. The van der Waals surface area contributed by atoms with Crippen molar-refractivity contribution in [2.75, 3.05) is 0 Å². The first-order valence-corrected chi connectivity index (χ1v) is 5.78. The minimum atomic E-state index is 0.408. The molecule has 0 saturated carbocycles. The lowest BCUT2D eigenvalue weighted by Crippen LogP contribution is -2.36. The Labute approximate surface area is 96.2 Å². The maximum atomic E-state index is 3.44. The summed E-state index contributed by atoms with van der Waals surface area (Å²) in [6.07, 6.45) is 23.9. The molecule has 0 radical (unpaired) electrons. The lowest BCUT2D eigenvalue weighted by Gasteiger charge is -2.33. The zero-order valence-electron chi connectivity index (χ0n) is 9.08. The van der Waals surface area contributed by atoms with Crippen molar-refractivity contribution in [3.8, 4) is 0 Å². The third-order valence-electron chi connectivity index (χ3n) is 3.37. The minimum absolute atomic E-state index is 0.408. The van der Waals surface area contributed by atoms with E-state index in [2.05, 4.69) is 66.1 Å². The van der Waals surface area contributed by atoms with Crippen molar-refractivity contribution in [2.45, 2.75) is 6.04 Å². The number of fused-ring (bicyclic) bond motifs is 3. The summed E-state index contributed by atoms with van der Waals surface area (Å²) < 4.78 is 0. The Kier molecular flexibility index (Phi) is 2.37. The SMILES string of the molecule is C1=C/C2=C/C=C\NC3C=CC=CC3C2C=C1. The molecule has 3 unspecified atom stereocenters. The average Bonchev–Trinajstić information content (AvgIpc) is 2.33. The van der Waals surface area contributed by atoms with Gasteiger partial charge in [0.15, 0.2) is 0 Å². The third-order valence-corrected chi connectivity index (χ3v) is 3.37. The van der Waals surface area contributed by atoms with Gasteiger partial charge >= 0.3 is 0 Å². The van der Waals surface area contributed by atoms with Gasteiger partial charge in [-0.2, -0.15) is 0 Å². The fourth-order valence-electron chi connectivity index (χ4n) is 2.55. The predicted octanol–water partition coefficient (Wildman–Crippen LogP) is 2.88. The summed E-state index contributed by atoms with van der Waals surface area (Å²) in [4.78, 5) is 0. The molecule has 1 N–H and O–H groups in total. The van der Waals surface area contributed by atoms with E-state index in [4.69, 9.17) is 0 Å². The molecule has 0 aromatic carbocycles. The monoisotopic (exact) mass is 209 g/mol. The van der Waals surface area contributed by atoms with Gasteiger partial charge in [-0.05, 0) is 17.8 Å². The van der Waals surface area contributed by atoms with E-state index in [1.165, 1.54) is 5.57 Å². The molecule has 3 rings (SSSR count). The molecule has 1 aliphatic heterocycles. The second kappa shape index (κ2) is 4.01. The van der Waals surface area contributed by atoms with Gasteiger partial charge in [0.1, 0.15) is 0 Å². The predicted molar refractivity (Wildman–Crippen MR) is 67.7 cm³/mol. The van der Waals surface area contributed by atoms with Crippen molar-refractivity contribution in [1.29, 1.82) is 0 Å². The number of hydrogen-bond acceptors (Lipinski definition) is 1. The first-order chi connectivity index (χ1) is 7.95. The molecule has 16 heavy (non-hydrogen) atoms. The van der Waals surface area contributed by atoms with Gasteiger partial charge in [0.25, 0.3) is 0 Å². The van der Waals surface area contributed by atoms with E-state index < -0.39 is 0 Å². The number of rotatable bonds is 0. The minimum Gasteiger partial charge on any atom is -0.384 e. The van der Waals surface area contributed by atoms with Crippen LogP contribution >= 0.6 is 0 Å². The van der Waals surface area contributed by atoms with Crippen LogP contribution < -0.4 is 5.32 Å². The molecule has 3 atom stereocenters. The molecule has 0 bridgehead atoms. The zero-order chi connectivity index (χ0) is 10.8. The molecule has 0 aromatic rings. The van der Waals surface area contributed by atoms with Gasteiger partial charge in [-0.3, -0.25) is 0 Å². The first-order valence-electron chi connectivity index (χ1n) is 5.78. The van der Waals surface area contributed by atoms with Gasteiger partial charge in [-0.15, -0.1) is 0 Å². The quantitative estimate of drug-likeness (QED) is 0.647. The fourth-order valence-corrected chi connectivity index (χ4v) is 2.55. The summed E-state index contributed by atoms with van der Waals surface area (Å²) in [6, 6.07) is 0.408. The molecular formula is C15H15N.